The highest BCUT2D eigenvalue weighted by atomic mass is 35.5. The Morgan fingerprint density at radius 2 is 2.19 bits per heavy atom. The van der Waals surface area contributed by atoms with Gasteiger partial charge in [-0.1, -0.05) is 17.7 Å². The van der Waals surface area contributed by atoms with Crippen molar-refractivity contribution in [2.75, 3.05) is 0 Å². The average molecular weight is 260 g/mol. The van der Waals surface area contributed by atoms with Crippen molar-refractivity contribution in [3.8, 4) is 0 Å². The molecule has 0 unspecified atom stereocenters. The smallest absolute Gasteiger partial charge is 0.214 e. The van der Waals surface area contributed by atoms with Crippen molar-refractivity contribution >= 4 is 32.5 Å². The maximum Gasteiger partial charge on any atom is 0.214 e. The van der Waals surface area contributed by atoms with Gasteiger partial charge in [-0.3, -0.25) is 4.68 Å². The van der Waals surface area contributed by atoms with Gasteiger partial charge in [-0.05, 0) is 12.1 Å². The summed E-state index contributed by atoms with van der Waals surface area (Å²) < 4.78 is 23.7. The quantitative estimate of drug-likeness (QED) is 0.874. The van der Waals surface area contributed by atoms with E-state index in [1.165, 1.54) is 0 Å². The van der Waals surface area contributed by atoms with Crippen molar-refractivity contribution in [2.45, 2.75) is 5.75 Å². The molecule has 2 N–H and O–H groups in total. The van der Waals surface area contributed by atoms with E-state index in [9.17, 15) is 8.42 Å². The number of nitrogens with zero attached hydrogens (tertiary/aromatic N) is 2. The third kappa shape index (κ3) is 2.04. The summed E-state index contributed by atoms with van der Waals surface area (Å²) in [5, 5.41) is 10.2. The number of nitrogens with two attached hydrogens (primary N) is 1. The van der Waals surface area contributed by atoms with Gasteiger partial charge in [-0.25, -0.2) is 13.6 Å². The molecule has 1 aromatic carbocycles. The number of fused-ring (bicyclic) bond motifs is 1. The summed E-state index contributed by atoms with van der Waals surface area (Å²) >= 11 is 6.02. The van der Waals surface area contributed by atoms with Crippen LogP contribution >= 0.6 is 11.6 Å². The summed E-state index contributed by atoms with van der Waals surface area (Å²) in [4.78, 5) is 0. The third-order valence-corrected chi connectivity index (χ3v) is 3.23. The molecule has 1 heterocycles. The molecular weight excluding hydrogens is 250 g/mol. The maximum atomic E-state index is 11.1. The second-order valence-electron chi connectivity index (χ2n) is 3.51. The van der Waals surface area contributed by atoms with Crippen molar-refractivity contribution in [1.82, 2.24) is 9.78 Å². The van der Waals surface area contributed by atoms with Crippen molar-refractivity contribution < 1.29 is 8.42 Å². The number of primary sulfonamides is 1. The first-order valence-corrected chi connectivity index (χ1v) is 6.58. The molecule has 0 saturated heterocycles. The lowest BCUT2D eigenvalue weighted by Gasteiger charge is -1.97. The number of benzene rings is 1. The van der Waals surface area contributed by atoms with Crippen molar-refractivity contribution in [2.24, 2.45) is 12.2 Å². The first-order chi connectivity index (χ1) is 7.38. The number of halogens is 1. The maximum absolute atomic E-state index is 11.1. The Bertz CT molecular complexity index is 648. The van der Waals surface area contributed by atoms with Crippen molar-refractivity contribution in [3.05, 3.63) is 28.9 Å². The first kappa shape index (κ1) is 11.4. The van der Waals surface area contributed by atoms with E-state index in [0.717, 1.165) is 5.52 Å². The van der Waals surface area contributed by atoms with Crippen LogP contribution in [0.5, 0.6) is 0 Å². The van der Waals surface area contributed by atoms with Crippen LogP contribution < -0.4 is 5.14 Å². The Morgan fingerprint density at radius 3 is 2.81 bits per heavy atom. The number of hydrogen-bond donors (Lipinski definition) is 1. The zero-order chi connectivity index (χ0) is 11.9. The molecule has 0 saturated carbocycles. The molecular formula is C9H10ClN3O2S. The Labute approximate surface area is 97.9 Å². The summed E-state index contributed by atoms with van der Waals surface area (Å²) in [6, 6.07) is 5.30. The predicted molar refractivity (Wildman–Crippen MR) is 62.5 cm³/mol. The fourth-order valence-electron chi connectivity index (χ4n) is 1.64. The molecule has 0 aliphatic carbocycles. The molecule has 16 heavy (non-hydrogen) atoms. The van der Waals surface area contributed by atoms with E-state index in [1.54, 1.807) is 23.9 Å². The third-order valence-electron chi connectivity index (χ3n) is 2.24. The minimum atomic E-state index is -3.61. The van der Waals surface area contributed by atoms with Gasteiger partial charge < -0.3 is 0 Å². The summed E-state index contributed by atoms with van der Waals surface area (Å²) in [6.07, 6.45) is 0. The molecule has 0 spiro atoms. The second kappa shape index (κ2) is 3.73. The minimum absolute atomic E-state index is 0.311. The number of rotatable bonds is 2. The Balaban J connectivity index is 2.71. The van der Waals surface area contributed by atoms with Crippen LogP contribution in [-0.4, -0.2) is 18.2 Å². The highest BCUT2D eigenvalue weighted by Crippen LogP contribution is 2.26. The fraction of sp³-hybridized carbons (Fsp3) is 0.222. The lowest BCUT2D eigenvalue weighted by atomic mass is 10.2. The van der Waals surface area contributed by atoms with Gasteiger partial charge in [0.05, 0.1) is 16.2 Å². The Hall–Kier alpha value is -1.11. The molecule has 2 rings (SSSR count). The van der Waals surface area contributed by atoms with Gasteiger partial charge in [-0.2, -0.15) is 5.10 Å². The highest BCUT2D eigenvalue weighted by molar-refractivity contribution is 7.88. The van der Waals surface area contributed by atoms with Crippen LogP contribution in [0, 0.1) is 0 Å². The molecule has 0 aliphatic rings. The van der Waals surface area contributed by atoms with Gasteiger partial charge in [0.25, 0.3) is 0 Å². The summed E-state index contributed by atoms with van der Waals surface area (Å²) in [5.74, 6) is -0.311. The van der Waals surface area contributed by atoms with Gasteiger partial charge in [0, 0.05) is 12.4 Å². The number of hydrogen-bond acceptors (Lipinski definition) is 3. The van der Waals surface area contributed by atoms with Crippen LogP contribution in [0.4, 0.5) is 0 Å². The first-order valence-electron chi connectivity index (χ1n) is 4.49. The molecule has 0 bridgehead atoms. The van der Waals surface area contributed by atoms with Crippen LogP contribution in [0.15, 0.2) is 18.2 Å². The van der Waals surface area contributed by atoms with Crippen LogP contribution in [0.3, 0.4) is 0 Å². The lowest BCUT2D eigenvalue weighted by molar-refractivity contribution is 0.596. The Morgan fingerprint density at radius 1 is 1.50 bits per heavy atom. The number of aromatic nitrogens is 2. The standard InChI is InChI=1S/C9H10ClN3O2S/c1-13-8-4-2-3-6(10)9(8)7(12-13)5-16(11,14)15/h2-4H,5H2,1H3,(H2,11,14,15). The fourth-order valence-corrected chi connectivity index (χ4v) is 2.51. The van der Waals surface area contributed by atoms with Gasteiger partial charge in [0.2, 0.25) is 10.0 Å². The molecule has 1 aromatic heterocycles. The molecule has 2 aromatic rings. The van der Waals surface area contributed by atoms with Crippen LogP contribution in [-0.2, 0) is 22.8 Å². The van der Waals surface area contributed by atoms with E-state index < -0.39 is 10.0 Å². The average Bonchev–Trinajstić information content (AvgIpc) is 2.42. The van der Waals surface area contributed by atoms with Crippen LogP contribution in [0.1, 0.15) is 5.69 Å². The normalized spacial score (nSPS) is 12.2. The molecule has 0 fully saturated rings. The molecule has 0 aliphatic heterocycles. The largest absolute Gasteiger partial charge is 0.268 e. The summed E-state index contributed by atoms with van der Waals surface area (Å²) in [6.45, 7) is 0. The topological polar surface area (TPSA) is 78.0 Å². The van der Waals surface area contributed by atoms with Crippen molar-refractivity contribution in [1.29, 1.82) is 0 Å². The molecule has 0 atom stereocenters. The zero-order valence-electron chi connectivity index (χ0n) is 8.51. The van der Waals surface area contributed by atoms with E-state index in [1.807, 2.05) is 6.07 Å². The monoisotopic (exact) mass is 259 g/mol. The van der Waals surface area contributed by atoms with E-state index in [2.05, 4.69) is 5.10 Å². The minimum Gasteiger partial charge on any atom is -0.268 e. The predicted octanol–water partition coefficient (Wildman–Crippen LogP) is 1.02. The van der Waals surface area contributed by atoms with Gasteiger partial charge in [0.15, 0.2) is 0 Å². The van der Waals surface area contributed by atoms with Gasteiger partial charge in [0.1, 0.15) is 5.75 Å². The van der Waals surface area contributed by atoms with E-state index in [0.29, 0.717) is 16.1 Å². The van der Waals surface area contributed by atoms with Crippen molar-refractivity contribution in [3.63, 3.8) is 0 Å². The zero-order valence-corrected chi connectivity index (χ0v) is 10.1. The van der Waals surface area contributed by atoms with E-state index in [-0.39, 0.29) is 5.75 Å². The van der Waals surface area contributed by atoms with Gasteiger partial charge >= 0.3 is 0 Å². The van der Waals surface area contributed by atoms with E-state index in [4.69, 9.17) is 16.7 Å². The lowest BCUT2D eigenvalue weighted by Crippen LogP contribution is -2.15. The molecule has 0 amide bonds. The molecule has 5 nitrogen and oxygen atoms in total. The van der Waals surface area contributed by atoms with Crippen LogP contribution in [0.2, 0.25) is 5.02 Å². The molecule has 7 heteroatoms. The van der Waals surface area contributed by atoms with Crippen LogP contribution in [0.25, 0.3) is 10.9 Å². The molecule has 86 valence electrons. The molecule has 0 radical (unpaired) electrons. The second-order valence-corrected chi connectivity index (χ2v) is 5.53. The Kier molecular flexibility index (Phi) is 2.65. The highest BCUT2D eigenvalue weighted by Gasteiger charge is 2.15. The summed E-state index contributed by atoms with van der Waals surface area (Å²) in [5.41, 5.74) is 1.16. The van der Waals surface area contributed by atoms with E-state index >= 15 is 0 Å². The summed E-state index contributed by atoms with van der Waals surface area (Å²) in [7, 11) is -1.88. The number of sulfonamides is 1. The number of aryl methyl sites for hydroxylation is 1. The van der Waals surface area contributed by atoms with Gasteiger partial charge in [-0.15, -0.1) is 0 Å². The SMILES string of the molecule is Cn1nc(CS(N)(=O)=O)c2c(Cl)cccc21.